The number of carbonyl (C=O) groups excluding carboxylic acids is 2. The van der Waals surface area contributed by atoms with Crippen molar-refractivity contribution in [3.63, 3.8) is 0 Å². The summed E-state index contributed by atoms with van der Waals surface area (Å²) in [5.74, 6) is 0.0130. The van der Waals surface area contributed by atoms with Crippen LogP contribution >= 0.6 is 0 Å². The van der Waals surface area contributed by atoms with Gasteiger partial charge in [0.15, 0.2) is 5.78 Å². The molecule has 0 radical (unpaired) electrons. The van der Waals surface area contributed by atoms with Crippen molar-refractivity contribution in [2.75, 3.05) is 7.11 Å². The second-order valence-electron chi connectivity index (χ2n) is 3.79. The van der Waals surface area contributed by atoms with Crippen molar-refractivity contribution in [2.24, 2.45) is 0 Å². The van der Waals surface area contributed by atoms with Crippen molar-refractivity contribution in [2.45, 2.75) is 12.5 Å². The Kier molecular flexibility index (Phi) is 3.23. The number of rotatable bonds is 1. The molecule has 1 aromatic carbocycles. The van der Waals surface area contributed by atoms with Gasteiger partial charge in [-0.1, -0.05) is 30.3 Å². The van der Waals surface area contributed by atoms with E-state index in [-0.39, 0.29) is 18.2 Å². The standard InChI is InChI=1S/C13H13NO3/c1-17-13(16)14-8-7-11(15)9-12(14)10-5-3-2-4-6-10/h2-8,12H,9H2,1H3. The summed E-state index contributed by atoms with van der Waals surface area (Å²) in [4.78, 5) is 24.5. The molecular formula is C13H13NO3. The molecule has 0 aromatic heterocycles. The molecule has 1 aliphatic heterocycles. The lowest BCUT2D eigenvalue weighted by atomic mass is 9.98. The van der Waals surface area contributed by atoms with Crippen LogP contribution in [-0.2, 0) is 9.53 Å². The number of allylic oxidation sites excluding steroid dienone is 1. The van der Waals surface area contributed by atoms with E-state index in [1.807, 2.05) is 30.3 Å². The van der Waals surface area contributed by atoms with Gasteiger partial charge in [0, 0.05) is 12.6 Å². The highest BCUT2D eigenvalue weighted by atomic mass is 16.5. The number of ether oxygens (including phenoxy) is 1. The van der Waals surface area contributed by atoms with Gasteiger partial charge in [0.25, 0.3) is 0 Å². The van der Waals surface area contributed by atoms with Gasteiger partial charge in [-0.05, 0) is 11.6 Å². The minimum atomic E-state index is -0.456. The molecule has 1 aliphatic rings. The zero-order chi connectivity index (χ0) is 12.3. The molecule has 4 heteroatoms. The summed E-state index contributed by atoms with van der Waals surface area (Å²) in [5, 5.41) is 0. The molecule has 4 nitrogen and oxygen atoms in total. The van der Waals surface area contributed by atoms with Crippen LogP contribution in [0.1, 0.15) is 18.0 Å². The first-order valence-electron chi connectivity index (χ1n) is 5.34. The molecule has 1 unspecified atom stereocenters. The maximum Gasteiger partial charge on any atom is 0.414 e. The monoisotopic (exact) mass is 231 g/mol. The number of ketones is 1. The summed E-state index contributed by atoms with van der Waals surface area (Å²) in [6, 6.07) is 9.18. The van der Waals surface area contributed by atoms with Crippen LogP contribution in [0.3, 0.4) is 0 Å². The Labute approximate surface area is 99.5 Å². The summed E-state index contributed by atoms with van der Waals surface area (Å²) in [6.45, 7) is 0. The zero-order valence-corrected chi connectivity index (χ0v) is 9.50. The summed E-state index contributed by atoms with van der Waals surface area (Å²) in [7, 11) is 1.33. The van der Waals surface area contributed by atoms with E-state index in [9.17, 15) is 9.59 Å². The Hall–Kier alpha value is -2.10. The molecule has 2 rings (SSSR count). The minimum absolute atomic E-state index is 0.0130. The van der Waals surface area contributed by atoms with Crippen molar-refractivity contribution >= 4 is 11.9 Å². The Morgan fingerprint density at radius 2 is 2.06 bits per heavy atom. The molecule has 88 valence electrons. The highest BCUT2D eigenvalue weighted by Gasteiger charge is 2.28. The molecule has 0 saturated heterocycles. The minimum Gasteiger partial charge on any atom is -0.452 e. The molecule has 0 saturated carbocycles. The summed E-state index contributed by atoms with van der Waals surface area (Å²) in [6.07, 6.45) is 2.71. The second kappa shape index (κ2) is 4.82. The molecule has 0 N–H and O–H groups in total. The van der Waals surface area contributed by atoms with E-state index in [1.54, 1.807) is 0 Å². The molecule has 0 bridgehead atoms. The second-order valence-corrected chi connectivity index (χ2v) is 3.79. The van der Waals surface area contributed by atoms with Crippen LogP contribution < -0.4 is 0 Å². The zero-order valence-electron chi connectivity index (χ0n) is 9.50. The summed E-state index contributed by atoms with van der Waals surface area (Å²) in [5.41, 5.74) is 0.926. The van der Waals surface area contributed by atoms with Crippen LogP contribution in [0.15, 0.2) is 42.6 Å². The third kappa shape index (κ3) is 2.36. The number of benzene rings is 1. The maximum atomic E-state index is 11.6. The smallest absolute Gasteiger partial charge is 0.414 e. The summed E-state index contributed by atoms with van der Waals surface area (Å²) < 4.78 is 4.70. The van der Waals surface area contributed by atoms with Crippen molar-refractivity contribution < 1.29 is 14.3 Å². The van der Waals surface area contributed by atoms with Gasteiger partial charge in [-0.25, -0.2) is 4.79 Å². The van der Waals surface area contributed by atoms with Crippen molar-refractivity contribution in [1.82, 2.24) is 4.90 Å². The molecule has 0 fully saturated rings. The lowest BCUT2D eigenvalue weighted by Crippen LogP contribution is -2.34. The highest BCUT2D eigenvalue weighted by Crippen LogP contribution is 2.28. The number of hydrogen-bond donors (Lipinski definition) is 0. The Bertz CT molecular complexity index is 453. The Morgan fingerprint density at radius 3 is 2.71 bits per heavy atom. The first kappa shape index (κ1) is 11.4. The van der Waals surface area contributed by atoms with Gasteiger partial charge >= 0.3 is 6.09 Å². The number of carbonyl (C=O) groups is 2. The highest BCUT2D eigenvalue weighted by molar-refractivity contribution is 5.92. The Morgan fingerprint density at radius 1 is 1.35 bits per heavy atom. The van der Waals surface area contributed by atoms with Crippen molar-refractivity contribution in [3.8, 4) is 0 Å². The lowest BCUT2D eigenvalue weighted by molar-refractivity contribution is -0.116. The van der Waals surface area contributed by atoms with Gasteiger partial charge in [0.1, 0.15) is 0 Å². The molecule has 1 heterocycles. The molecule has 1 amide bonds. The van der Waals surface area contributed by atoms with Crippen LogP contribution in [0.4, 0.5) is 4.79 Å². The van der Waals surface area contributed by atoms with Gasteiger partial charge in [-0.3, -0.25) is 9.69 Å². The van der Waals surface area contributed by atoms with E-state index >= 15 is 0 Å². The third-order valence-corrected chi connectivity index (χ3v) is 2.72. The van der Waals surface area contributed by atoms with E-state index in [0.717, 1.165) is 5.56 Å². The van der Waals surface area contributed by atoms with E-state index in [0.29, 0.717) is 0 Å². The number of hydrogen-bond acceptors (Lipinski definition) is 3. The van der Waals surface area contributed by atoms with Crippen molar-refractivity contribution in [3.05, 3.63) is 48.2 Å². The van der Waals surface area contributed by atoms with Gasteiger partial charge in [0.2, 0.25) is 0 Å². The van der Waals surface area contributed by atoms with Gasteiger partial charge in [-0.15, -0.1) is 0 Å². The molecular weight excluding hydrogens is 218 g/mol. The molecule has 1 atom stereocenters. The number of methoxy groups -OCH3 is 1. The largest absolute Gasteiger partial charge is 0.452 e. The van der Waals surface area contributed by atoms with Gasteiger partial charge in [0.05, 0.1) is 13.2 Å². The first-order chi connectivity index (χ1) is 8.22. The van der Waals surface area contributed by atoms with Crippen LogP contribution in [-0.4, -0.2) is 23.9 Å². The molecule has 1 aromatic rings. The summed E-state index contributed by atoms with van der Waals surface area (Å²) >= 11 is 0. The molecule has 0 spiro atoms. The number of amides is 1. The average molecular weight is 231 g/mol. The average Bonchev–Trinajstić information content (AvgIpc) is 2.39. The van der Waals surface area contributed by atoms with Crippen LogP contribution in [0.5, 0.6) is 0 Å². The quantitative estimate of drug-likeness (QED) is 0.745. The topological polar surface area (TPSA) is 46.6 Å². The van der Waals surface area contributed by atoms with Crippen LogP contribution in [0, 0.1) is 0 Å². The first-order valence-corrected chi connectivity index (χ1v) is 5.34. The fraction of sp³-hybridized carbons (Fsp3) is 0.231. The third-order valence-electron chi connectivity index (χ3n) is 2.72. The predicted octanol–water partition coefficient (Wildman–Crippen LogP) is 2.28. The van der Waals surface area contributed by atoms with E-state index < -0.39 is 6.09 Å². The van der Waals surface area contributed by atoms with E-state index in [4.69, 9.17) is 4.74 Å². The Balaban J connectivity index is 2.33. The van der Waals surface area contributed by atoms with E-state index in [2.05, 4.69) is 0 Å². The fourth-order valence-electron chi connectivity index (χ4n) is 1.87. The van der Waals surface area contributed by atoms with Gasteiger partial charge < -0.3 is 4.74 Å². The van der Waals surface area contributed by atoms with Crippen molar-refractivity contribution in [1.29, 1.82) is 0 Å². The van der Waals surface area contributed by atoms with Gasteiger partial charge in [-0.2, -0.15) is 0 Å². The fourth-order valence-corrected chi connectivity index (χ4v) is 1.87. The van der Waals surface area contributed by atoms with Crippen LogP contribution in [0.2, 0.25) is 0 Å². The molecule has 17 heavy (non-hydrogen) atoms. The maximum absolute atomic E-state index is 11.6. The van der Waals surface area contributed by atoms with Crippen LogP contribution in [0.25, 0.3) is 0 Å². The van der Waals surface area contributed by atoms with E-state index in [1.165, 1.54) is 24.3 Å². The number of nitrogens with zero attached hydrogens (tertiary/aromatic N) is 1. The normalized spacial score (nSPS) is 19.2. The SMILES string of the molecule is COC(=O)N1C=CC(=O)CC1c1ccccc1. The molecule has 0 aliphatic carbocycles. The predicted molar refractivity (Wildman–Crippen MR) is 62.2 cm³/mol. The lowest BCUT2D eigenvalue weighted by Gasteiger charge is -2.29.